The Hall–Kier alpha value is -2.70. The maximum atomic E-state index is 12.9. The molecule has 8 heteroatoms. The fourth-order valence-electron chi connectivity index (χ4n) is 2.44. The van der Waals surface area contributed by atoms with Crippen LogP contribution in [0.15, 0.2) is 47.1 Å². The molecule has 0 saturated carbocycles. The van der Waals surface area contributed by atoms with Crippen LogP contribution >= 0.6 is 23.2 Å². The van der Waals surface area contributed by atoms with Gasteiger partial charge in [0.15, 0.2) is 5.75 Å². The Balaban J connectivity index is 2.08. The van der Waals surface area contributed by atoms with Crippen LogP contribution in [-0.2, 0) is 4.79 Å². The largest absolute Gasteiger partial charge is 0.495 e. The molecule has 6 nitrogen and oxygen atoms in total. The van der Waals surface area contributed by atoms with Crippen molar-refractivity contribution in [2.45, 2.75) is 0 Å². The molecule has 0 aliphatic heterocycles. The van der Waals surface area contributed by atoms with Crippen molar-refractivity contribution in [3.63, 3.8) is 0 Å². The van der Waals surface area contributed by atoms with Crippen molar-refractivity contribution < 1.29 is 23.5 Å². The van der Waals surface area contributed by atoms with E-state index in [0.29, 0.717) is 21.7 Å². The molecule has 3 aromatic rings. The molecule has 1 amide bonds. The van der Waals surface area contributed by atoms with Gasteiger partial charge in [-0.3, -0.25) is 9.59 Å². The number of fused-ring (bicyclic) bond motifs is 1. The number of amides is 1. The van der Waals surface area contributed by atoms with Gasteiger partial charge in [0.1, 0.15) is 22.8 Å². The molecule has 0 saturated heterocycles. The number of furan rings is 1. The Morgan fingerprint density at radius 2 is 1.92 bits per heavy atom. The van der Waals surface area contributed by atoms with E-state index in [4.69, 9.17) is 37.1 Å². The van der Waals surface area contributed by atoms with Gasteiger partial charge in [-0.25, -0.2) is 0 Å². The molecule has 2 aromatic carbocycles. The van der Waals surface area contributed by atoms with E-state index in [-0.39, 0.29) is 22.9 Å². The summed E-state index contributed by atoms with van der Waals surface area (Å²) in [6, 6.07) is 9.67. The van der Waals surface area contributed by atoms with Gasteiger partial charge in [0.2, 0.25) is 0 Å². The molecule has 0 atom stereocenters. The third-order valence-electron chi connectivity index (χ3n) is 3.54. The molecular weight excluding hydrogens is 381 g/mol. The first-order valence-electron chi connectivity index (χ1n) is 7.45. The number of ether oxygens (including phenoxy) is 2. The van der Waals surface area contributed by atoms with Gasteiger partial charge in [-0.2, -0.15) is 0 Å². The summed E-state index contributed by atoms with van der Waals surface area (Å²) in [5.41, 5.74) is 0.973. The van der Waals surface area contributed by atoms with Crippen LogP contribution in [0.5, 0.6) is 11.5 Å². The summed E-state index contributed by atoms with van der Waals surface area (Å²) in [6.45, 7) is 0. The maximum Gasteiger partial charge on any atom is 0.326 e. The van der Waals surface area contributed by atoms with Gasteiger partial charge >= 0.3 is 5.97 Å². The summed E-state index contributed by atoms with van der Waals surface area (Å²) in [4.78, 5) is 24.5. The molecule has 0 bridgehead atoms. The van der Waals surface area contributed by atoms with Gasteiger partial charge in [-0.15, -0.1) is 11.6 Å². The molecule has 1 N–H and O–H groups in total. The van der Waals surface area contributed by atoms with Crippen LogP contribution in [0.4, 0.5) is 5.69 Å². The highest BCUT2D eigenvalue weighted by Gasteiger charge is 2.25. The highest BCUT2D eigenvalue weighted by molar-refractivity contribution is 6.30. The van der Waals surface area contributed by atoms with Crippen LogP contribution in [-0.4, -0.2) is 24.9 Å². The second-order valence-electron chi connectivity index (χ2n) is 5.18. The first-order valence-corrected chi connectivity index (χ1v) is 8.36. The van der Waals surface area contributed by atoms with Crippen LogP contribution in [0.1, 0.15) is 10.4 Å². The molecule has 0 unspecified atom stereocenters. The summed E-state index contributed by atoms with van der Waals surface area (Å²) in [5, 5.41) is 3.82. The molecule has 1 aromatic heterocycles. The van der Waals surface area contributed by atoms with Crippen molar-refractivity contribution in [2.75, 3.05) is 18.3 Å². The number of carbonyl (C=O) groups excluding carboxylic acids is 2. The summed E-state index contributed by atoms with van der Waals surface area (Å²) in [7, 11) is 1.41. The highest BCUT2D eigenvalue weighted by Crippen LogP contribution is 2.38. The molecule has 134 valence electrons. The summed E-state index contributed by atoms with van der Waals surface area (Å²) >= 11 is 11.4. The van der Waals surface area contributed by atoms with Crippen LogP contribution in [0.25, 0.3) is 11.0 Å². The number of anilines is 1. The number of methoxy groups -OCH3 is 1. The van der Waals surface area contributed by atoms with Crippen molar-refractivity contribution in [3.8, 4) is 11.5 Å². The number of hydrogen-bond acceptors (Lipinski definition) is 5. The van der Waals surface area contributed by atoms with E-state index in [0.717, 1.165) is 0 Å². The summed E-state index contributed by atoms with van der Waals surface area (Å²) in [5.74, 6) is -1.39. The zero-order valence-electron chi connectivity index (χ0n) is 13.5. The smallest absolute Gasteiger partial charge is 0.326 e. The molecule has 1 heterocycles. The average molecular weight is 394 g/mol. The van der Waals surface area contributed by atoms with Crippen molar-refractivity contribution in [1.82, 2.24) is 0 Å². The van der Waals surface area contributed by atoms with E-state index >= 15 is 0 Å². The lowest BCUT2D eigenvalue weighted by molar-refractivity contribution is -0.131. The van der Waals surface area contributed by atoms with Crippen LogP contribution in [0, 0.1) is 0 Å². The Kier molecular flexibility index (Phi) is 5.35. The van der Waals surface area contributed by atoms with E-state index in [1.165, 1.54) is 19.4 Å². The van der Waals surface area contributed by atoms with Gasteiger partial charge in [0, 0.05) is 16.8 Å². The summed E-state index contributed by atoms with van der Waals surface area (Å²) in [6.07, 6.45) is 1.45. The highest BCUT2D eigenvalue weighted by atomic mass is 35.5. The van der Waals surface area contributed by atoms with Crippen molar-refractivity contribution in [1.29, 1.82) is 0 Å². The maximum absolute atomic E-state index is 12.9. The molecule has 26 heavy (non-hydrogen) atoms. The third kappa shape index (κ3) is 3.61. The zero-order chi connectivity index (χ0) is 18.7. The minimum absolute atomic E-state index is 0.0126. The molecular formula is C18H13Cl2NO5. The zero-order valence-corrected chi connectivity index (χ0v) is 15.1. The second kappa shape index (κ2) is 7.68. The monoisotopic (exact) mass is 393 g/mol. The number of esters is 1. The van der Waals surface area contributed by atoms with Gasteiger partial charge in [0.25, 0.3) is 5.91 Å². The Morgan fingerprint density at radius 1 is 1.19 bits per heavy atom. The third-order valence-corrected chi connectivity index (χ3v) is 4.01. The van der Waals surface area contributed by atoms with Gasteiger partial charge in [0.05, 0.1) is 18.8 Å². The van der Waals surface area contributed by atoms with Crippen molar-refractivity contribution >= 4 is 51.7 Å². The average Bonchev–Trinajstić information content (AvgIpc) is 3.10. The minimum Gasteiger partial charge on any atom is -0.495 e. The predicted octanol–water partition coefficient (Wildman–Crippen LogP) is 4.49. The molecule has 3 rings (SSSR count). The van der Waals surface area contributed by atoms with Crippen LogP contribution in [0.2, 0.25) is 5.02 Å². The fourth-order valence-corrected chi connectivity index (χ4v) is 2.62. The number of hydrogen-bond donors (Lipinski definition) is 1. The number of nitrogens with one attached hydrogen (secondary N) is 1. The van der Waals surface area contributed by atoms with E-state index in [1.54, 1.807) is 30.3 Å². The summed E-state index contributed by atoms with van der Waals surface area (Å²) < 4.78 is 15.9. The molecule has 0 radical (unpaired) electrons. The Bertz CT molecular complexity index is 966. The minimum atomic E-state index is -0.708. The second-order valence-corrected chi connectivity index (χ2v) is 5.89. The molecule has 0 fully saturated rings. The van der Waals surface area contributed by atoms with Crippen molar-refractivity contribution in [3.05, 3.63) is 53.2 Å². The van der Waals surface area contributed by atoms with E-state index in [9.17, 15) is 9.59 Å². The van der Waals surface area contributed by atoms with Crippen molar-refractivity contribution in [2.24, 2.45) is 0 Å². The molecule has 0 aliphatic carbocycles. The van der Waals surface area contributed by atoms with E-state index in [2.05, 4.69) is 5.32 Å². The number of benzene rings is 2. The van der Waals surface area contributed by atoms with E-state index in [1.807, 2.05) is 0 Å². The fraction of sp³-hybridized carbons (Fsp3) is 0.111. The number of alkyl halides is 1. The lowest BCUT2D eigenvalue weighted by atomic mass is 10.1. The van der Waals surface area contributed by atoms with Gasteiger partial charge in [-0.05, 0) is 30.3 Å². The number of rotatable bonds is 5. The topological polar surface area (TPSA) is 77.8 Å². The van der Waals surface area contributed by atoms with Crippen LogP contribution < -0.4 is 14.8 Å². The van der Waals surface area contributed by atoms with Gasteiger partial charge in [-0.1, -0.05) is 11.6 Å². The lowest BCUT2D eigenvalue weighted by Gasteiger charge is -2.14. The first kappa shape index (κ1) is 18.1. The molecule has 0 aliphatic rings. The first-order chi connectivity index (χ1) is 12.5. The van der Waals surface area contributed by atoms with E-state index < -0.39 is 11.9 Å². The predicted molar refractivity (Wildman–Crippen MR) is 98.5 cm³/mol. The number of carbonyl (C=O) groups is 2. The standard InChI is InChI=1S/C18H13Cl2NO5/c1-24-17-12-6-7-25-13(12)8-14(26-15(22)9-19)16(17)18(23)21-11-4-2-10(20)3-5-11/h2-8H,9H2,1H3,(H,21,23). The van der Waals surface area contributed by atoms with Gasteiger partial charge < -0.3 is 19.2 Å². The lowest BCUT2D eigenvalue weighted by Crippen LogP contribution is -2.17. The SMILES string of the molecule is COc1c(C(=O)Nc2ccc(Cl)cc2)c(OC(=O)CCl)cc2occc12. The van der Waals surface area contributed by atoms with Crippen LogP contribution in [0.3, 0.4) is 0 Å². The normalized spacial score (nSPS) is 10.6. The Labute approximate surface area is 158 Å². The number of halogens is 2. The Morgan fingerprint density at radius 3 is 2.58 bits per heavy atom. The quantitative estimate of drug-likeness (QED) is 0.392. The molecule has 0 spiro atoms.